The van der Waals surface area contributed by atoms with Gasteiger partial charge in [-0.2, -0.15) is 0 Å². The number of rotatable bonds is 5. The topological polar surface area (TPSA) is 46.5 Å². The molecule has 3 nitrogen and oxygen atoms in total. The zero-order valence-electron chi connectivity index (χ0n) is 9.09. The van der Waals surface area contributed by atoms with Crippen LogP contribution in [0.3, 0.4) is 0 Å². The Morgan fingerprint density at radius 1 is 1.53 bits per heavy atom. The second kappa shape index (κ2) is 5.21. The second-order valence-electron chi connectivity index (χ2n) is 3.63. The lowest BCUT2D eigenvalue weighted by Gasteiger charge is -2.25. The van der Waals surface area contributed by atoms with Gasteiger partial charge in [0.15, 0.2) is 0 Å². The van der Waals surface area contributed by atoms with Crippen molar-refractivity contribution in [3.05, 3.63) is 12.2 Å². The highest BCUT2D eigenvalue weighted by atomic mass is 19.3. The van der Waals surface area contributed by atoms with Crippen molar-refractivity contribution in [2.75, 3.05) is 6.61 Å². The highest BCUT2D eigenvalue weighted by molar-refractivity contribution is 5.86. The number of carbonyl (C=O) groups excluding carboxylic acids is 1. The van der Waals surface area contributed by atoms with Crippen molar-refractivity contribution in [2.24, 2.45) is 5.92 Å². The molecule has 0 saturated heterocycles. The normalized spacial score (nSPS) is 15.6. The number of alkyl halides is 2. The standard InChI is InChI=1S/C10H16F2O3/c1-6(2)9(14)15-5-7(3)10(11,12)8(4)13/h7-8,13H,1,5H2,2-4H3. The number of esters is 1. The molecule has 5 heteroatoms. The Balaban J connectivity index is 4.21. The molecule has 0 aliphatic heterocycles. The number of hydrogen-bond donors (Lipinski definition) is 1. The number of hydrogen-bond acceptors (Lipinski definition) is 3. The number of aliphatic hydroxyl groups excluding tert-OH is 1. The predicted octanol–water partition coefficient (Wildman–Crippen LogP) is 1.76. The number of aliphatic hydroxyl groups is 1. The van der Waals surface area contributed by atoms with E-state index >= 15 is 0 Å². The van der Waals surface area contributed by atoms with Crippen molar-refractivity contribution < 1.29 is 23.4 Å². The fourth-order valence-corrected chi connectivity index (χ4v) is 0.847. The Morgan fingerprint density at radius 3 is 2.33 bits per heavy atom. The first kappa shape index (κ1) is 14.0. The van der Waals surface area contributed by atoms with E-state index in [4.69, 9.17) is 5.11 Å². The minimum absolute atomic E-state index is 0.155. The van der Waals surface area contributed by atoms with Crippen LogP contribution in [0.2, 0.25) is 0 Å². The Hall–Kier alpha value is -0.970. The first-order valence-electron chi connectivity index (χ1n) is 4.58. The molecule has 0 radical (unpaired) electrons. The van der Waals surface area contributed by atoms with Crippen molar-refractivity contribution in [3.8, 4) is 0 Å². The highest BCUT2D eigenvalue weighted by Gasteiger charge is 2.42. The first-order chi connectivity index (χ1) is 6.69. The van der Waals surface area contributed by atoms with Gasteiger partial charge in [0.2, 0.25) is 0 Å². The zero-order valence-corrected chi connectivity index (χ0v) is 9.09. The number of ether oxygens (including phenoxy) is 1. The predicted molar refractivity (Wildman–Crippen MR) is 51.6 cm³/mol. The van der Waals surface area contributed by atoms with Crippen LogP contribution in [0.1, 0.15) is 20.8 Å². The fourth-order valence-electron chi connectivity index (χ4n) is 0.847. The van der Waals surface area contributed by atoms with Gasteiger partial charge >= 0.3 is 5.97 Å². The second-order valence-corrected chi connectivity index (χ2v) is 3.63. The Kier molecular flexibility index (Phi) is 4.87. The van der Waals surface area contributed by atoms with Gasteiger partial charge in [-0.15, -0.1) is 0 Å². The Bertz CT molecular complexity index is 249. The van der Waals surface area contributed by atoms with Crippen molar-refractivity contribution in [2.45, 2.75) is 32.8 Å². The molecule has 0 aliphatic carbocycles. The van der Waals surface area contributed by atoms with E-state index < -0.39 is 30.5 Å². The smallest absolute Gasteiger partial charge is 0.333 e. The van der Waals surface area contributed by atoms with Crippen LogP contribution in [0.15, 0.2) is 12.2 Å². The molecule has 0 amide bonds. The molecule has 0 aliphatic rings. The summed E-state index contributed by atoms with van der Waals surface area (Å²) in [5.41, 5.74) is 0.155. The molecular weight excluding hydrogens is 206 g/mol. The maximum Gasteiger partial charge on any atom is 0.333 e. The molecule has 2 unspecified atom stereocenters. The summed E-state index contributed by atoms with van der Waals surface area (Å²) < 4.78 is 30.8. The average molecular weight is 222 g/mol. The maximum absolute atomic E-state index is 13.1. The molecule has 88 valence electrons. The zero-order chi connectivity index (χ0) is 12.2. The summed E-state index contributed by atoms with van der Waals surface area (Å²) in [7, 11) is 0. The quantitative estimate of drug-likeness (QED) is 0.569. The maximum atomic E-state index is 13.1. The third-order valence-corrected chi connectivity index (χ3v) is 2.03. The summed E-state index contributed by atoms with van der Waals surface area (Å²) in [6.07, 6.45) is -1.77. The van der Waals surface area contributed by atoms with Gasteiger partial charge in [-0.25, -0.2) is 13.6 Å². The number of carbonyl (C=O) groups is 1. The molecule has 1 N–H and O–H groups in total. The van der Waals surface area contributed by atoms with Crippen LogP contribution < -0.4 is 0 Å². The van der Waals surface area contributed by atoms with Gasteiger partial charge in [0.05, 0.1) is 5.92 Å². The van der Waals surface area contributed by atoms with E-state index in [1.54, 1.807) is 0 Å². The van der Waals surface area contributed by atoms with Crippen LogP contribution >= 0.6 is 0 Å². The van der Waals surface area contributed by atoms with Crippen molar-refractivity contribution in [1.82, 2.24) is 0 Å². The van der Waals surface area contributed by atoms with Crippen LogP contribution in [-0.4, -0.2) is 29.7 Å². The van der Waals surface area contributed by atoms with Gasteiger partial charge in [0, 0.05) is 5.57 Å². The van der Waals surface area contributed by atoms with Crippen molar-refractivity contribution in [3.63, 3.8) is 0 Å². The minimum Gasteiger partial charge on any atom is -0.462 e. The van der Waals surface area contributed by atoms with Crippen LogP contribution in [0.4, 0.5) is 8.78 Å². The van der Waals surface area contributed by atoms with Crippen LogP contribution in [-0.2, 0) is 9.53 Å². The molecule has 0 spiro atoms. The molecule has 0 fully saturated rings. The van der Waals surface area contributed by atoms with Gasteiger partial charge in [0.25, 0.3) is 5.92 Å². The van der Waals surface area contributed by atoms with Gasteiger partial charge in [-0.05, 0) is 13.8 Å². The minimum atomic E-state index is -3.27. The summed E-state index contributed by atoms with van der Waals surface area (Å²) in [6, 6.07) is 0. The van der Waals surface area contributed by atoms with Crippen LogP contribution in [0.25, 0.3) is 0 Å². The summed E-state index contributed by atoms with van der Waals surface area (Å²) in [6.45, 7) is 6.51. The molecule has 0 aromatic heterocycles. The molecule has 0 rings (SSSR count). The molecule has 2 atom stereocenters. The van der Waals surface area contributed by atoms with Crippen molar-refractivity contribution in [1.29, 1.82) is 0 Å². The van der Waals surface area contributed by atoms with Gasteiger partial charge in [-0.3, -0.25) is 0 Å². The summed E-state index contributed by atoms with van der Waals surface area (Å²) >= 11 is 0. The van der Waals surface area contributed by atoms with E-state index in [0.717, 1.165) is 6.92 Å². The molecule has 0 aromatic carbocycles. The molecule has 0 saturated carbocycles. The molecule has 15 heavy (non-hydrogen) atoms. The van der Waals surface area contributed by atoms with E-state index in [1.165, 1.54) is 13.8 Å². The average Bonchev–Trinajstić information content (AvgIpc) is 2.12. The molecule has 0 aromatic rings. The lowest BCUT2D eigenvalue weighted by molar-refractivity contribution is -0.161. The SMILES string of the molecule is C=C(C)C(=O)OCC(C)C(F)(F)C(C)O. The van der Waals surface area contributed by atoms with E-state index in [2.05, 4.69) is 11.3 Å². The molecule has 0 bridgehead atoms. The largest absolute Gasteiger partial charge is 0.462 e. The highest BCUT2D eigenvalue weighted by Crippen LogP contribution is 2.28. The molecular formula is C10H16F2O3. The van der Waals surface area contributed by atoms with Gasteiger partial charge in [0.1, 0.15) is 12.7 Å². The summed E-state index contributed by atoms with van der Waals surface area (Å²) in [4.78, 5) is 10.9. The van der Waals surface area contributed by atoms with E-state index in [9.17, 15) is 13.6 Å². The first-order valence-corrected chi connectivity index (χ1v) is 4.58. The van der Waals surface area contributed by atoms with E-state index in [1.807, 2.05) is 0 Å². The van der Waals surface area contributed by atoms with E-state index in [0.29, 0.717) is 0 Å². The third kappa shape index (κ3) is 3.95. The van der Waals surface area contributed by atoms with Gasteiger partial charge in [-0.1, -0.05) is 13.5 Å². The molecule has 0 heterocycles. The Morgan fingerprint density at radius 2 is 2.00 bits per heavy atom. The third-order valence-electron chi connectivity index (χ3n) is 2.03. The van der Waals surface area contributed by atoms with Crippen LogP contribution in [0.5, 0.6) is 0 Å². The summed E-state index contributed by atoms with van der Waals surface area (Å²) in [5.74, 6) is -5.21. The van der Waals surface area contributed by atoms with Crippen LogP contribution in [0, 0.1) is 5.92 Å². The number of halogens is 2. The summed E-state index contributed by atoms with van der Waals surface area (Å²) in [5, 5.41) is 8.82. The van der Waals surface area contributed by atoms with Crippen molar-refractivity contribution >= 4 is 5.97 Å². The lowest BCUT2D eigenvalue weighted by Crippen LogP contribution is -2.40. The van der Waals surface area contributed by atoms with E-state index in [-0.39, 0.29) is 5.57 Å². The van der Waals surface area contributed by atoms with Gasteiger partial charge < -0.3 is 9.84 Å². The monoisotopic (exact) mass is 222 g/mol. The lowest BCUT2D eigenvalue weighted by atomic mass is 10.0. The fraction of sp³-hybridized carbons (Fsp3) is 0.700. The Labute approximate surface area is 87.7 Å².